The summed E-state index contributed by atoms with van der Waals surface area (Å²) >= 11 is 0. The van der Waals surface area contributed by atoms with E-state index in [0.717, 1.165) is 12.8 Å². The molecule has 1 aliphatic carbocycles. The van der Waals surface area contributed by atoms with Crippen LogP contribution < -0.4 is 0 Å². The van der Waals surface area contributed by atoms with Gasteiger partial charge in [-0.05, 0) is 12.8 Å². The van der Waals surface area contributed by atoms with Crippen LogP contribution in [0.15, 0.2) is 36.0 Å². The van der Waals surface area contributed by atoms with Crippen molar-refractivity contribution in [3.05, 3.63) is 36.0 Å². The third kappa shape index (κ3) is 4.73. The molecule has 0 aromatic rings. The average Bonchev–Trinajstić information content (AvgIpc) is 2.67. The van der Waals surface area contributed by atoms with Crippen molar-refractivity contribution in [2.24, 2.45) is 5.92 Å². The molecule has 1 rings (SSSR count). The van der Waals surface area contributed by atoms with Crippen molar-refractivity contribution in [2.75, 3.05) is 13.2 Å². The molecule has 4 heteroatoms. The van der Waals surface area contributed by atoms with Crippen LogP contribution in [0.5, 0.6) is 0 Å². The van der Waals surface area contributed by atoms with Gasteiger partial charge in [-0.1, -0.05) is 44.2 Å². The SMILES string of the molecule is CCCOC(=O)C1=CC=CC=CC1C(=O)OCCC. The number of ether oxygens (including phenoxy) is 2. The van der Waals surface area contributed by atoms with Crippen LogP contribution in [0.2, 0.25) is 0 Å². The lowest BCUT2D eigenvalue weighted by molar-refractivity contribution is -0.149. The summed E-state index contributed by atoms with van der Waals surface area (Å²) in [6, 6.07) is 0. The van der Waals surface area contributed by atoms with Gasteiger partial charge in [-0.3, -0.25) is 4.79 Å². The predicted octanol–water partition coefficient (Wildman–Crippen LogP) is 2.56. The van der Waals surface area contributed by atoms with Crippen molar-refractivity contribution in [2.45, 2.75) is 26.7 Å². The van der Waals surface area contributed by atoms with E-state index in [0.29, 0.717) is 18.8 Å². The average molecular weight is 264 g/mol. The van der Waals surface area contributed by atoms with E-state index >= 15 is 0 Å². The lowest BCUT2D eigenvalue weighted by atomic mass is 9.99. The Morgan fingerprint density at radius 3 is 2.42 bits per heavy atom. The van der Waals surface area contributed by atoms with Gasteiger partial charge in [0.15, 0.2) is 0 Å². The zero-order valence-electron chi connectivity index (χ0n) is 11.4. The Hall–Kier alpha value is -1.84. The highest BCUT2D eigenvalue weighted by atomic mass is 16.5. The first-order valence-electron chi connectivity index (χ1n) is 6.59. The second-order valence-electron chi connectivity index (χ2n) is 4.17. The van der Waals surface area contributed by atoms with Crippen LogP contribution >= 0.6 is 0 Å². The van der Waals surface area contributed by atoms with Crippen LogP contribution in [0.4, 0.5) is 0 Å². The van der Waals surface area contributed by atoms with E-state index in [9.17, 15) is 9.59 Å². The summed E-state index contributed by atoms with van der Waals surface area (Å²) < 4.78 is 10.2. The van der Waals surface area contributed by atoms with Gasteiger partial charge in [0.05, 0.1) is 18.8 Å². The Labute approximate surface area is 113 Å². The molecule has 0 aliphatic heterocycles. The van der Waals surface area contributed by atoms with Gasteiger partial charge in [0, 0.05) is 0 Å². The Balaban J connectivity index is 2.80. The molecule has 1 atom stereocenters. The number of carbonyl (C=O) groups excluding carboxylic acids is 2. The molecule has 0 fully saturated rings. The van der Waals surface area contributed by atoms with Crippen LogP contribution in [0.25, 0.3) is 0 Å². The van der Waals surface area contributed by atoms with Crippen LogP contribution in [-0.4, -0.2) is 25.2 Å². The van der Waals surface area contributed by atoms with Gasteiger partial charge < -0.3 is 9.47 Å². The molecular weight excluding hydrogens is 244 g/mol. The van der Waals surface area contributed by atoms with Gasteiger partial charge in [-0.2, -0.15) is 0 Å². The van der Waals surface area contributed by atoms with Gasteiger partial charge in [-0.15, -0.1) is 0 Å². The van der Waals surface area contributed by atoms with E-state index in [1.807, 2.05) is 13.8 Å². The summed E-state index contributed by atoms with van der Waals surface area (Å²) in [7, 11) is 0. The lowest BCUT2D eigenvalue weighted by Crippen LogP contribution is -2.24. The number of hydrogen-bond acceptors (Lipinski definition) is 4. The fourth-order valence-electron chi connectivity index (χ4n) is 1.58. The molecule has 0 aromatic heterocycles. The number of esters is 2. The van der Waals surface area contributed by atoms with E-state index in [2.05, 4.69) is 0 Å². The second-order valence-corrected chi connectivity index (χ2v) is 4.17. The molecule has 0 amide bonds. The third-order valence-corrected chi connectivity index (χ3v) is 2.51. The number of allylic oxidation sites excluding steroid dienone is 4. The molecule has 0 aromatic carbocycles. The number of carbonyl (C=O) groups is 2. The highest BCUT2D eigenvalue weighted by Crippen LogP contribution is 2.19. The van der Waals surface area contributed by atoms with E-state index in [-0.39, 0.29) is 0 Å². The molecule has 0 radical (unpaired) electrons. The molecule has 0 saturated heterocycles. The Morgan fingerprint density at radius 2 is 1.74 bits per heavy atom. The molecule has 0 heterocycles. The minimum atomic E-state index is -0.689. The Morgan fingerprint density at radius 1 is 1.05 bits per heavy atom. The zero-order valence-corrected chi connectivity index (χ0v) is 11.4. The minimum absolute atomic E-state index is 0.319. The largest absolute Gasteiger partial charge is 0.465 e. The molecule has 4 nitrogen and oxygen atoms in total. The predicted molar refractivity (Wildman–Crippen MR) is 72.4 cm³/mol. The number of hydrogen-bond donors (Lipinski definition) is 0. The summed E-state index contributed by atoms with van der Waals surface area (Å²) in [5.41, 5.74) is 0.319. The molecule has 1 unspecified atom stereocenters. The maximum atomic E-state index is 11.9. The first-order valence-corrected chi connectivity index (χ1v) is 6.59. The third-order valence-electron chi connectivity index (χ3n) is 2.51. The smallest absolute Gasteiger partial charge is 0.335 e. The highest BCUT2D eigenvalue weighted by molar-refractivity contribution is 5.97. The fourth-order valence-corrected chi connectivity index (χ4v) is 1.58. The summed E-state index contributed by atoms with van der Waals surface area (Å²) in [6.07, 6.45) is 9.96. The van der Waals surface area contributed by atoms with Gasteiger partial charge >= 0.3 is 11.9 Å². The van der Waals surface area contributed by atoms with E-state index in [4.69, 9.17) is 9.47 Å². The van der Waals surface area contributed by atoms with E-state index in [1.165, 1.54) is 0 Å². The molecule has 104 valence electrons. The quantitative estimate of drug-likeness (QED) is 0.692. The summed E-state index contributed by atoms with van der Waals surface area (Å²) in [4.78, 5) is 23.9. The first kappa shape index (κ1) is 15.2. The van der Waals surface area contributed by atoms with Crippen molar-refractivity contribution < 1.29 is 19.1 Å². The molecular formula is C15H20O4. The minimum Gasteiger partial charge on any atom is -0.465 e. The topological polar surface area (TPSA) is 52.6 Å². The Bertz CT molecular complexity index is 404. The van der Waals surface area contributed by atoms with E-state index in [1.54, 1.807) is 30.4 Å². The van der Waals surface area contributed by atoms with Crippen molar-refractivity contribution in [3.8, 4) is 0 Å². The zero-order chi connectivity index (χ0) is 14.1. The van der Waals surface area contributed by atoms with Crippen LogP contribution in [-0.2, 0) is 19.1 Å². The second kappa shape index (κ2) is 8.29. The van der Waals surface area contributed by atoms with Crippen molar-refractivity contribution in [1.82, 2.24) is 0 Å². The van der Waals surface area contributed by atoms with Gasteiger partial charge in [-0.25, -0.2) is 4.79 Å². The number of rotatable bonds is 6. The lowest BCUT2D eigenvalue weighted by Gasteiger charge is -2.14. The summed E-state index contributed by atoms with van der Waals surface area (Å²) in [5.74, 6) is -1.57. The van der Waals surface area contributed by atoms with Crippen LogP contribution in [0, 0.1) is 5.92 Å². The van der Waals surface area contributed by atoms with Crippen LogP contribution in [0.3, 0.4) is 0 Å². The summed E-state index contributed by atoms with van der Waals surface area (Å²) in [6.45, 7) is 4.54. The highest BCUT2D eigenvalue weighted by Gasteiger charge is 2.27. The molecule has 0 saturated carbocycles. The summed E-state index contributed by atoms with van der Waals surface area (Å²) in [5, 5.41) is 0. The van der Waals surface area contributed by atoms with Gasteiger partial charge in [0.1, 0.15) is 5.92 Å². The fraction of sp³-hybridized carbons (Fsp3) is 0.467. The maximum Gasteiger partial charge on any atom is 0.335 e. The molecule has 0 bridgehead atoms. The molecule has 0 N–H and O–H groups in total. The maximum absolute atomic E-state index is 11.9. The van der Waals surface area contributed by atoms with Gasteiger partial charge in [0.25, 0.3) is 0 Å². The van der Waals surface area contributed by atoms with Crippen molar-refractivity contribution in [1.29, 1.82) is 0 Å². The Kier molecular flexibility index (Phi) is 6.64. The monoisotopic (exact) mass is 264 g/mol. The normalized spacial score (nSPS) is 17.6. The van der Waals surface area contributed by atoms with Gasteiger partial charge in [0.2, 0.25) is 0 Å². The van der Waals surface area contributed by atoms with Crippen molar-refractivity contribution in [3.63, 3.8) is 0 Å². The van der Waals surface area contributed by atoms with Crippen molar-refractivity contribution >= 4 is 11.9 Å². The standard InChI is InChI=1S/C15H20O4/c1-3-10-18-14(16)12-8-6-5-7-9-13(12)15(17)19-11-4-2/h5-9,12H,3-4,10-11H2,1-2H3. The van der Waals surface area contributed by atoms with E-state index < -0.39 is 17.9 Å². The van der Waals surface area contributed by atoms with Crippen LogP contribution in [0.1, 0.15) is 26.7 Å². The molecule has 0 spiro atoms. The first-order chi connectivity index (χ1) is 9.20. The molecule has 1 aliphatic rings. The molecule has 19 heavy (non-hydrogen) atoms.